The van der Waals surface area contributed by atoms with Crippen LogP contribution in [0, 0.1) is 17.1 Å². The van der Waals surface area contributed by atoms with E-state index in [1.807, 2.05) is 6.07 Å². The van der Waals surface area contributed by atoms with Crippen molar-refractivity contribution >= 4 is 5.71 Å². The van der Waals surface area contributed by atoms with Gasteiger partial charge in [-0.3, -0.25) is 0 Å². The molecule has 0 radical (unpaired) electrons. The lowest BCUT2D eigenvalue weighted by atomic mass is 10.1. The number of oxime groups is 1. The molecule has 5 heteroatoms. The van der Waals surface area contributed by atoms with Gasteiger partial charge >= 0.3 is 0 Å². The van der Waals surface area contributed by atoms with Crippen molar-refractivity contribution in [3.8, 4) is 11.8 Å². The third kappa shape index (κ3) is 3.57. The van der Waals surface area contributed by atoms with Gasteiger partial charge in [0.1, 0.15) is 18.2 Å². The Labute approximate surface area is 121 Å². The molecule has 0 fully saturated rings. The number of benzene rings is 2. The van der Waals surface area contributed by atoms with Gasteiger partial charge in [0.15, 0.2) is 0 Å². The lowest BCUT2D eigenvalue weighted by Gasteiger charge is -2.11. The summed E-state index contributed by atoms with van der Waals surface area (Å²) >= 11 is 0. The minimum atomic E-state index is -0.431. The van der Waals surface area contributed by atoms with Crippen LogP contribution in [0.4, 0.5) is 4.39 Å². The van der Waals surface area contributed by atoms with Gasteiger partial charge in [0.05, 0.1) is 17.3 Å². The largest absolute Gasteiger partial charge is 0.488 e. The Morgan fingerprint density at radius 1 is 1.29 bits per heavy atom. The number of hydrogen-bond donors (Lipinski definition) is 1. The summed E-state index contributed by atoms with van der Waals surface area (Å²) in [5, 5.41) is 20.7. The second-order valence-electron chi connectivity index (χ2n) is 4.42. The van der Waals surface area contributed by atoms with Gasteiger partial charge in [-0.1, -0.05) is 17.3 Å². The molecule has 0 spiro atoms. The van der Waals surface area contributed by atoms with E-state index in [-0.39, 0.29) is 6.61 Å². The van der Waals surface area contributed by atoms with Crippen LogP contribution in [0.1, 0.15) is 23.6 Å². The van der Waals surface area contributed by atoms with Crippen LogP contribution < -0.4 is 4.74 Å². The summed E-state index contributed by atoms with van der Waals surface area (Å²) in [5.41, 5.74) is 2.27. The number of ether oxygens (including phenoxy) is 1. The van der Waals surface area contributed by atoms with E-state index in [2.05, 4.69) is 5.16 Å². The first-order chi connectivity index (χ1) is 10.1. The second-order valence-corrected chi connectivity index (χ2v) is 4.42. The Hall–Kier alpha value is -2.87. The average molecular weight is 284 g/mol. The van der Waals surface area contributed by atoms with Crippen LogP contribution >= 0.6 is 0 Å². The molecule has 0 aliphatic heterocycles. The molecule has 21 heavy (non-hydrogen) atoms. The minimum Gasteiger partial charge on any atom is -0.488 e. The van der Waals surface area contributed by atoms with E-state index in [1.165, 1.54) is 18.2 Å². The zero-order valence-corrected chi connectivity index (χ0v) is 11.4. The molecule has 0 atom stereocenters. The molecule has 0 aliphatic rings. The molecule has 0 heterocycles. The molecule has 0 aromatic heterocycles. The first-order valence-corrected chi connectivity index (χ1v) is 6.24. The average Bonchev–Trinajstić information content (AvgIpc) is 2.52. The minimum absolute atomic E-state index is 0.223. The summed E-state index contributed by atoms with van der Waals surface area (Å²) in [6, 6.07) is 13.0. The van der Waals surface area contributed by atoms with Crippen LogP contribution in [0.25, 0.3) is 0 Å². The van der Waals surface area contributed by atoms with E-state index in [9.17, 15) is 4.39 Å². The number of halogens is 1. The van der Waals surface area contributed by atoms with Crippen LogP contribution in [0.15, 0.2) is 47.6 Å². The van der Waals surface area contributed by atoms with Crippen LogP contribution in [-0.2, 0) is 6.61 Å². The normalized spacial score (nSPS) is 11.0. The third-order valence-corrected chi connectivity index (χ3v) is 2.96. The Morgan fingerprint density at radius 3 is 2.62 bits per heavy atom. The molecule has 0 saturated heterocycles. The lowest BCUT2D eigenvalue weighted by Crippen LogP contribution is -2.03. The third-order valence-electron chi connectivity index (χ3n) is 2.96. The second kappa shape index (κ2) is 6.53. The van der Waals surface area contributed by atoms with Gasteiger partial charge in [-0.2, -0.15) is 5.26 Å². The lowest BCUT2D eigenvalue weighted by molar-refractivity contribution is 0.302. The molecular weight excluding hydrogens is 271 g/mol. The Balaban J connectivity index is 2.19. The van der Waals surface area contributed by atoms with Crippen molar-refractivity contribution in [1.29, 1.82) is 5.26 Å². The van der Waals surface area contributed by atoms with E-state index in [0.717, 1.165) is 5.56 Å². The number of rotatable bonds is 4. The molecule has 1 N–H and O–H groups in total. The summed E-state index contributed by atoms with van der Waals surface area (Å²) < 4.78 is 18.9. The van der Waals surface area contributed by atoms with Crippen molar-refractivity contribution in [3.63, 3.8) is 0 Å². The Morgan fingerprint density at radius 2 is 2.00 bits per heavy atom. The highest BCUT2D eigenvalue weighted by atomic mass is 19.1. The molecule has 4 nitrogen and oxygen atoms in total. The molecule has 2 aromatic carbocycles. The molecule has 2 aromatic rings. The standard InChI is InChI=1S/C16H13FN2O2/c1-11(19-20)15-7-6-14(17)8-16(15)21-10-13-4-2-12(9-18)3-5-13/h2-8,20H,10H2,1H3. The summed E-state index contributed by atoms with van der Waals surface area (Å²) in [4.78, 5) is 0. The van der Waals surface area contributed by atoms with Crippen molar-refractivity contribution < 1.29 is 14.3 Å². The topological polar surface area (TPSA) is 65.6 Å². The van der Waals surface area contributed by atoms with Crippen LogP contribution in [-0.4, -0.2) is 10.9 Å². The fourth-order valence-electron chi connectivity index (χ4n) is 1.80. The first-order valence-electron chi connectivity index (χ1n) is 6.24. The predicted octanol–water partition coefficient (Wildman–Crippen LogP) is 3.47. The summed E-state index contributed by atoms with van der Waals surface area (Å²) in [7, 11) is 0. The highest BCUT2D eigenvalue weighted by molar-refractivity contribution is 6.00. The highest BCUT2D eigenvalue weighted by Gasteiger charge is 2.09. The zero-order valence-electron chi connectivity index (χ0n) is 11.4. The Bertz CT molecular complexity index is 703. The summed E-state index contributed by atoms with van der Waals surface area (Å²) in [6.45, 7) is 1.82. The fourth-order valence-corrected chi connectivity index (χ4v) is 1.80. The Kier molecular flexibility index (Phi) is 4.52. The quantitative estimate of drug-likeness (QED) is 0.531. The van der Waals surface area contributed by atoms with Gasteiger partial charge < -0.3 is 9.94 Å². The van der Waals surface area contributed by atoms with E-state index < -0.39 is 5.82 Å². The van der Waals surface area contributed by atoms with Crippen LogP contribution in [0.2, 0.25) is 0 Å². The molecule has 0 aliphatic carbocycles. The monoisotopic (exact) mass is 284 g/mol. The van der Waals surface area contributed by atoms with Gasteiger partial charge in [0, 0.05) is 11.6 Å². The maximum Gasteiger partial charge on any atom is 0.131 e. The molecule has 106 valence electrons. The van der Waals surface area contributed by atoms with Gasteiger partial charge in [-0.15, -0.1) is 0 Å². The van der Waals surface area contributed by atoms with Gasteiger partial charge in [0.25, 0.3) is 0 Å². The number of nitrogens with zero attached hydrogens (tertiary/aromatic N) is 2. The highest BCUT2D eigenvalue weighted by Crippen LogP contribution is 2.22. The molecule has 0 amide bonds. The van der Waals surface area contributed by atoms with E-state index in [4.69, 9.17) is 15.2 Å². The zero-order chi connectivity index (χ0) is 15.2. The molecule has 0 unspecified atom stereocenters. The number of hydrogen-bond acceptors (Lipinski definition) is 4. The molecule has 0 saturated carbocycles. The van der Waals surface area contributed by atoms with Gasteiger partial charge in [0.2, 0.25) is 0 Å². The van der Waals surface area contributed by atoms with E-state index >= 15 is 0 Å². The molecule has 0 bridgehead atoms. The van der Waals surface area contributed by atoms with Crippen molar-refractivity contribution in [2.45, 2.75) is 13.5 Å². The molecule has 2 rings (SSSR count). The SMILES string of the molecule is CC(=NO)c1ccc(F)cc1OCc1ccc(C#N)cc1. The van der Waals surface area contributed by atoms with E-state index in [0.29, 0.717) is 22.6 Å². The first kappa shape index (κ1) is 14.5. The predicted molar refractivity (Wildman–Crippen MR) is 75.9 cm³/mol. The van der Waals surface area contributed by atoms with Gasteiger partial charge in [-0.25, -0.2) is 4.39 Å². The van der Waals surface area contributed by atoms with E-state index in [1.54, 1.807) is 31.2 Å². The van der Waals surface area contributed by atoms with Crippen LogP contribution in [0.3, 0.4) is 0 Å². The van der Waals surface area contributed by atoms with Crippen LogP contribution in [0.5, 0.6) is 5.75 Å². The maximum atomic E-state index is 13.3. The number of nitriles is 1. The fraction of sp³-hybridized carbons (Fsp3) is 0.125. The van der Waals surface area contributed by atoms with Crippen molar-refractivity contribution in [3.05, 3.63) is 65.0 Å². The smallest absolute Gasteiger partial charge is 0.131 e. The van der Waals surface area contributed by atoms with Crippen molar-refractivity contribution in [2.75, 3.05) is 0 Å². The van der Waals surface area contributed by atoms with Gasteiger partial charge in [-0.05, 0) is 36.8 Å². The van der Waals surface area contributed by atoms with Crippen molar-refractivity contribution in [1.82, 2.24) is 0 Å². The molecular formula is C16H13FN2O2. The maximum absolute atomic E-state index is 13.3. The summed E-state index contributed by atoms with van der Waals surface area (Å²) in [6.07, 6.45) is 0. The summed E-state index contributed by atoms with van der Waals surface area (Å²) in [5.74, 6) is -0.131. The van der Waals surface area contributed by atoms with Crippen molar-refractivity contribution in [2.24, 2.45) is 5.16 Å².